The lowest BCUT2D eigenvalue weighted by Crippen LogP contribution is -2.36. The van der Waals surface area contributed by atoms with E-state index in [-0.39, 0.29) is 48.0 Å². The Morgan fingerprint density at radius 2 is 1.50 bits per heavy atom. The number of carbonyl (C=O) groups is 4. The van der Waals surface area contributed by atoms with Crippen LogP contribution in [0.25, 0.3) is 20.8 Å². The fourth-order valence-corrected chi connectivity index (χ4v) is 10.8. The van der Waals surface area contributed by atoms with E-state index < -0.39 is 0 Å². The smallest absolute Gasteiger partial charge is 0.315 e. The molecule has 242 valence electrons. The molecule has 6 atom stereocenters. The van der Waals surface area contributed by atoms with Crippen molar-refractivity contribution in [2.45, 2.75) is 86.0 Å². The lowest BCUT2D eigenvalue weighted by Gasteiger charge is -2.16. The summed E-state index contributed by atoms with van der Waals surface area (Å²) in [5.41, 5.74) is 2.41. The zero-order chi connectivity index (χ0) is 31.6. The molecular weight excluding hydrogens is 643 g/mol. The Hall–Kier alpha value is -3.36. The lowest BCUT2D eigenvalue weighted by atomic mass is 10.0. The molecule has 0 aromatic heterocycles. The summed E-state index contributed by atoms with van der Waals surface area (Å²) in [5, 5.41) is 16.4. The van der Waals surface area contributed by atoms with Crippen molar-refractivity contribution in [2.24, 2.45) is 4.99 Å². The number of rotatable bonds is 11. The van der Waals surface area contributed by atoms with E-state index in [4.69, 9.17) is 4.98 Å². The number of anilines is 1. The second-order valence-electron chi connectivity index (χ2n) is 12.3. The summed E-state index contributed by atoms with van der Waals surface area (Å²) < 4.78 is 0.939. The summed E-state index contributed by atoms with van der Waals surface area (Å²) in [4.78, 5) is 58.5. The highest BCUT2D eigenvalue weighted by atomic mass is 32.2. The molecule has 1 aliphatic carbocycles. The first-order chi connectivity index (χ1) is 22.4. The molecule has 0 saturated carbocycles. The van der Waals surface area contributed by atoms with Crippen molar-refractivity contribution < 1.29 is 19.2 Å². The highest BCUT2D eigenvalue weighted by Crippen LogP contribution is 2.35. The minimum Gasteiger partial charge on any atom is -0.332 e. The molecule has 0 bridgehead atoms. The average Bonchev–Trinajstić information content (AvgIpc) is 3.78. The monoisotopic (exact) mass is 679 g/mol. The van der Waals surface area contributed by atoms with Gasteiger partial charge in [-0.05, 0) is 62.1 Å². The van der Waals surface area contributed by atoms with Crippen molar-refractivity contribution in [1.29, 1.82) is 0 Å². The maximum Gasteiger partial charge on any atom is 0.315 e. The minimum absolute atomic E-state index is 0.0148. The number of fused-ring (bicyclic) bond motifs is 4. The van der Waals surface area contributed by atoms with E-state index in [1.54, 1.807) is 11.3 Å². The predicted octanol–water partition coefficient (Wildman–Crippen LogP) is 4.22. The van der Waals surface area contributed by atoms with Gasteiger partial charge in [-0.15, -0.1) is 11.3 Å². The molecule has 46 heavy (non-hydrogen) atoms. The van der Waals surface area contributed by atoms with Gasteiger partial charge in [-0.2, -0.15) is 23.5 Å². The van der Waals surface area contributed by atoms with E-state index in [2.05, 4.69) is 31.6 Å². The van der Waals surface area contributed by atoms with E-state index in [1.165, 1.54) is 0 Å². The first-order valence-corrected chi connectivity index (χ1v) is 18.9. The standard InChI is InChI=1S/C32H37N7O4S3/c40-27(7-3-1-5-23-29-21(15-44-23)36-31(42)38-29)33-17-9-11-19-25(13-17)46-26-14-18(10-12-20(26)35-19)34-28(41)8-4-2-6-24-30-22(16-45-24)37-32(43)39-30/h9-14,21-24,29-30H,1-8,15-16H2,(H,33,40)(H2,36,38,42)(H2,37,39,43)/t21-,22-,23-,24-,29-,30-/m0/s1. The van der Waals surface area contributed by atoms with Crippen molar-refractivity contribution in [1.82, 2.24) is 26.3 Å². The largest absolute Gasteiger partial charge is 0.332 e. The molecule has 4 fully saturated rings. The molecular formula is C32H37N7O4S3. The van der Waals surface area contributed by atoms with Gasteiger partial charge in [0.2, 0.25) is 11.8 Å². The summed E-state index contributed by atoms with van der Waals surface area (Å²) in [7, 11) is 0. The van der Waals surface area contributed by atoms with Crippen LogP contribution in [0.4, 0.5) is 15.3 Å². The average molecular weight is 680 g/mol. The summed E-state index contributed by atoms with van der Waals surface area (Å²) in [6.45, 7) is 0. The summed E-state index contributed by atoms with van der Waals surface area (Å²) in [5.74, 6) is 1.73. The van der Waals surface area contributed by atoms with Crippen molar-refractivity contribution >= 4 is 74.6 Å². The fourth-order valence-electron chi connectivity index (χ4n) is 6.72. The van der Waals surface area contributed by atoms with Gasteiger partial charge in [0.15, 0.2) is 0 Å². The second kappa shape index (κ2) is 13.8. The number of thioether (sulfide) groups is 2. The SMILES string of the molecule is O=C(CCCC[C@@H]1SC[C@@H]2NC(=O)N[C@@H]21)N=c1ccc2nc3ccc(NC(=O)CCCC[C@@H]4SC[C@@H]5NC(=O)N[C@@H]54)cc3sc-2c1. The molecule has 5 N–H and O–H groups in total. The molecule has 1 aromatic carbocycles. The van der Waals surface area contributed by atoms with Crippen LogP contribution in [0.15, 0.2) is 41.4 Å². The van der Waals surface area contributed by atoms with E-state index in [0.29, 0.717) is 28.7 Å². The Labute approximate surface area is 279 Å². The van der Waals surface area contributed by atoms with Gasteiger partial charge in [-0.1, -0.05) is 12.8 Å². The molecule has 11 nitrogen and oxygen atoms in total. The number of nitrogens with one attached hydrogen (secondary N) is 5. The number of unbranched alkanes of at least 4 members (excludes halogenated alkanes) is 2. The number of aromatic nitrogens is 1. The quantitative estimate of drug-likeness (QED) is 0.116. The zero-order valence-electron chi connectivity index (χ0n) is 25.3. The number of carbonyl (C=O) groups excluding carboxylic acids is 4. The number of nitrogens with zero attached hydrogens (tertiary/aromatic N) is 2. The first-order valence-electron chi connectivity index (χ1n) is 16.0. The van der Waals surface area contributed by atoms with Crippen molar-refractivity contribution in [2.75, 3.05) is 16.8 Å². The molecule has 6 aliphatic rings. The Morgan fingerprint density at radius 1 is 0.826 bits per heavy atom. The van der Waals surface area contributed by atoms with Crippen molar-refractivity contribution in [3.8, 4) is 10.6 Å². The fraction of sp³-hybridized carbons (Fsp3) is 0.500. The van der Waals surface area contributed by atoms with E-state index in [0.717, 1.165) is 76.5 Å². The first kappa shape index (κ1) is 31.3. The maximum atomic E-state index is 12.7. The van der Waals surface area contributed by atoms with Gasteiger partial charge in [0.1, 0.15) is 0 Å². The van der Waals surface area contributed by atoms with Gasteiger partial charge in [0.25, 0.3) is 0 Å². The topological polar surface area (TPSA) is 154 Å². The third-order valence-corrected chi connectivity index (χ3v) is 13.2. The molecule has 4 saturated heterocycles. The second-order valence-corrected chi connectivity index (χ2v) is 16.0. The van der Waals surface area contributed by atoms with E-state index >= 15 is 0 Å². The van der Waals surface area contributed by atoms with Gasteiger partial charge < -0.3 is 26.6 Å². The molecule has 14 heteroatoms. The van der Waals surface area contributed by atoms with E-state index in [1.807, 2.05) is 59.9 Å². The molecule has 5 aliphatic heterocycles. The van der Waals surface area contributed by atoms with Crippen LogP contribution in [-0.2, 0) is 9.59 Å². The van der Waals surface area contributed by atoms with Gasteiger partial charge in [0.05, 0.1) is 50.3 Å². The summed E-state index contributed by atoms with van der Waals surface area (Å²) in [6.07, 6.45) is 6.23. The van der Waals surface area contributed by atoms with Crippen LogP contribution in [-0.4, -0.2) is 75.0 Å². The Balaban J connectivity index is 0.898. The molecule has 0 unspecified atom stereocenters. The van der Waals surface area contributed by atoms with Crippen LogP contribution in [0.5, 0.6) is 0 Å². The highest BCUT2D eigenvalue weighted by molar-refractivity contribution is 8.00. The van der Waals surface area contributed by atoms with E-state index in [9.17, 15) is 19.2 Å². The van der Waals surface area contributed by atoms with Gasteiger partial charge in [-0.3, -0.25) is 9.59 Å². The predicted molar refractivity (Wildman–Crippen MR) is 183 cm³/mol. The Morgan fingerprint density at radius 3 is 2.20 bits per heavy atom. The molecule has 0 spiro atoms. The normalized spacial score (nSPS) is 26.8. The molecule has 1 aromatic rings. The van der Waals surface area contributed by atoms with Crippen LogP contribution < -0.4 is 31.9 Å². The molecule has 0 radical (unpaired) electrons. The summed E-state index contributed by atoms with van der Waals surface area (Å²) >= 11 is 5.35. The Bertz CT molecular complexity index is 1700. The number of hydrogen-bond acceptors (Lipinski definition) is 8. The maximum absolute atomic E-state index is 12.7. The van der Waals surface area contributed by atoms with Crippen molar-refractivity contribution in [3.05, 3.63) is 41.8 Å². The van der Waals surface area contributed by atoms with Crippen LogP contribution in [0.3, 0.4) is 0 Å². The third kappa shape index (κ3) is 7.13. The van der Waals surface area contributed by atoms with Crippen LogP contribution in [0.1, 0.15) is 51.4 Å². The number of benzene rings is 2. The molecule has 5 heterocycles. The number of amides is 6. The van der Waals surface area contributed by atoms with Gasteiger partial charge in [-0.25, -0.2) is 19.6 Å². The minimum atomic E-state index is -0.135. The number of urea groups is 2. The molecule has 7 rings (SSSR count). The third-order valence-electron chi connectivity index (χ3n) is 9.05. The zero-order valence-corrected chi connectivity index (χ0v) is 27.7. The number of hydrogen-bond donors (Lipinski definition) is 5. The molecule has 6 amide bonds. The lowest BCUT2D eigenvalue weighted by molar-refractivity contribution is -0.118. The highest BCUT2D eigenvalue weighted by Gasteiger charge is 2.43. The van der Waals surface area contributed by atoms with Gasteiger partial charge >= 0.3 is 12.1 Å². The summed E-state index contributed by atoms with van der Waals surface area (Å²) in [6, 6.07) is 12.1. The van der Waals surface area contributed by atoms with Crippen LogP contribution >= 0.6 is 34.9 Å². The Kier molecular flexibility index (Phi) is 9.36. The van der Waals surface area contributed by atoms with Crippen LogP contribution in [0, 0.1) is 0 Å². The van der Waals surface area contributed by atoms with Gasteiger partial charge in [0, 0.05) is 40.5 Å². The van der Waals surface area contributed by atoms with Crippen LogP contribution in [0.2, 0.25) is 0 Å². The van der Waals surface area contributed by atoms with Crippen molar-refractivity contribution in [3.63, 3.8) is 0 Å².